The predicted molar refractivity (Wildman–Crippen MR) is 86.1 cm³/mol. The van der Waals surface area contributed by atoms with Crippen molar-refractivity contribution in [2.45, 2.75) is 45.1 Å². The van der Waals surface area contributed by atoms with Crippen molar-refractivity contribution in [2.24, 2.45) is 5.92 Å². The largest absolute Gasteiger partial charge is 0.347 e. The highest BCUT2D eigenvalue weighted by Gasteiger charge is 2.22. The zero-order valence-corrected chi connectivity index (χ0v) is 13.5. The third kappa shape index (κ3) is 3.54. The van der Waals surface area contributed by atoms with Crippen LogP contribution in [0.25, 0.3) is 0 Å². The van der Waals surface area contributed by atoms with Gasteiger partial charge in [-0.2, -0.15) is 0 Å². The number of rotatable bonds is 2. The number of hydrogen-bond acceptors (Lipinski definition) is 3. The molecule has 0 radical (unpaired) electrons. The number of hydrogen-bond donors (Lipinski definition) is 2. The fourth-order valence-corrected chi connectivity index (χ4v) is 4.16. The third-order valence-electron chi connectivity index (χ3n) is 4.19. The van der Waals surface area contributed by atoms with Gasteiger partial charge in [0, 0.05) is 17.5 Å². The Morgan fingerprint density at radius 3 is 3.05 bits per heavy atom. The molecule has 3 rings (SSSR count). The minimum atomic E-state index is 0. The van der Waals surface area contributed by atoms with E-state index in [0.29, 0.717) is 6.04 Å². The van der Waals surface area contributed by atoms with E-state index < -0.39 is 0 Å². The monoisotopic (exact) mass is 314 g/mol. The molecule has 112 valence electrons. The van der Waals surface area contributed by atoms with Crippen LogP contribution in [0.4, 0.5) is 0 Å². The van der Waals surface area contributed by atoms with Gasteiger partial charge >= 0.3 is 0 Å². The molecule has 0 aromatic carbocycles. The van der Waals surface area contributed by atoms with E-state index in [1.54, 1.807) is 11.3 Å². The number of nitrogens with one attached hydrogen (secondary N) is 2. The van der Waals surface area contributed by atoms with E-state index >= 15 is 0 Å². The van der Waals surface area contributed by atoms with E-state index in [-0.39, 0.29) is 18.3 Å². The summed E-state index contributed by atoms with van der Waals surface area (Å²) in [4.78, 5) is 14.6. The molecular formula is C15H23ClN2OS. The van der Waals surface area contributed by atoms with Crippen molar-refractivity contribution in [3.63, 3.8) is 0 Å². The molecule has 3 nitrogen and oxygen atoms in total. The lowest BCUT2D eigenvalue weighted by Crippen LogP contribution is -2.45. The molecule has 2 N–H and O–H groups in total. The summed E-state index contributed by atoms with van der Waals surface area (Å²) in [5, 5.41) is 6.50. The van der Waals surface area contributed by atoms with Gasteiger partial charge in [-0.25, -0.2) is 0 Å². The molecule has 5 heteroatoms. The Bertz CT molecular complexity index is 468. The van der Waals surface area contributed by atoms with Crippen molar-refractivity contribution < 1.29 is 4.79 Å². The van der Waals surface area contributed by atoms with Crippen molar-refractivity contribution in [1.29, 1.82) is 0 Å². The van der Waals surface area contributed by atoms with Crippen LogP contribution in [0, 0.1) is 5.92 Å². The van der Waals surface area contributed by atoms with Crippen molar-refractivity contribution in [3.8, 4) is 0 Å². The Morgan fingerprint density at radius 2 is 2.30 bits per heavy atom. The molecule has 1 aromatic heterocycles. The molecule has 20 heavy (non-hydrogen) atoms. The van der Waals surface area contributed by atoms with Gasteiger partial charge in [-0.3, -0.25) is 4.79 Å². The summed E-state index contributed by atoms with van der Waals surface area (Å²) in [5.41, 5.74) is 1.41. The summed E-state index contributed by atoms with van der Waals surface area (Å²) in [6.07, 6.45) is 5.81. The maximum Gasteiger partial charge on any atom is 0.261 e. The average Bonchev–Trinajstić information content (AvgIpc) is 2.83. The van der Waals surface area contributed by atoms with Gasteiger partial charge in [0.15, 0.2) is 0 Å². The smallest absolute Gasteiger partial charge is 0.261 e. The van der Waals surface area contributed by atoms with Crippen LogP contribution < -0.4 is 10.6 Å². The van der Waals surface area contributed by atoms with Crippen LogP contribution in [-0.2, 0) is 12.8 Å². The second kappa shape index (κ2) is 6.92. The van der Waals surface area contributed by atoms with Crippen LogP contribution in [0.5, 0.6) is 0 Å². The van der Waals surface area contributed by atoms with Gasteiger partial charge in [0.1, 0.15) is 0 Å². The first-order valence-corrected chi connectivity index (χ1v) is 8.17. The second-order valence-electron chi connectivity index (χ2n) is 5.92. The van der Waals surface area contributed by atoms with Gasteiger partial charge in [0.05, 0.1) is 4.88 Å². The molecule has 1 amide bonds. The normalized spacial score (nSPS) is 25.4. The van der Waals surface area contributed by atoms with Gasteiger partial charge in [-0.1, -0.05) is 6.92 Å². The molecule has 1 fully saturated rings. The van der Waals surface area contributed by atoms with Crippen molar-refractivity contribution in [2.75, 3.05) is 13.1 Å². The summed E-state index contributed by atoms with van der Waals surface area (Å²) < 4.78 is 0. The van der Waals surface area contributed by atoms with Gasteiger partial charge in [-0.05, 0) is 56.2 Å². The average molecular weight is 315 g/mol. The number of amides is 1. The lowest BCUT2D eigenvalue weighted by atomic mass is 9.90. The van der Waals surface area contributed by atoms with Crippen LogP contribution in [0.3, 0.4) is 0 Å². The van der Waals surface area contributed by atoms with E-state index in [1.807, 2.05) is 0 Å². The molecule has 1 aliphatic carbocycles. The van der Waals surface area contributed by atoms with E-state index in [1.165, 1.54) is 16.9 Å². The minimum absolute atomic E-state index is 0. The maximum atomic E-state index is 12.3. The first kappa shape index (κ1) is 15.8. The summed E-state index contributed by atoms with van der Waals surface area (Å²) in [7, 11) is 0. The third-order valence-corrected chi connectivity index (χ3v) is 5.42. The first-order chi connectivity index (χ1) is 9.22. The Hall–Kier alpha value is -0.580. The number of halogens is 1. The van der Waals surface area contributed by atoms with E-state index in [0.717, 1.165) is 49.6 Å². The predicted octanol–water partition coefficient (Wildman–Crippen LogP) is 2.78. The second-order valence-corrected chi connectivity index (χ2v) is 7.06. The number of fused-ring (bicyclic) bond motifs is 1. The van der Waals surface area contributed by atoms with E-state index in [2.05, 4.69) is 23.6 Å². The van der Waals surface area contributed by atoms with Crippen molar-refractivity contribution >= 4 is 29.7 Å². The minimum Gasteiger partial charge on any atom is -0.347 e. The highest BCUT2D eigenvalue weighted by Crippen LogP contribution is 2.32. The van der Waals surface area contributed by atoms with Crippen LogP contribution >= 0.6 is 23.7 Å². The zero-order valence-electron chi connectivity index (χ0n) is 11.9. The molecule has 1 saturated heterocycles. The lowest BCUT2D eigenvalue weighted by Gasteiger charge is -2.23. The van der Waals surface area contributed by atoms with Crippen LogP contribution in [-0.4, -0.2) is 25.0 Å². The van der Waals surface area contributed by atoms with Gasteiger partial charge in [0.25, 0.3) is 5.91 Å². The molecule has 0 bridgehead atoms. The fraction of sp³-hybridized carbons (Fsp3) is 0.667. The molecule has 1 unspecified atom stereocenters. The Morgan fingerprint density at radius 1 is 1.45 bits per heavy atom. The summed E-state index contributed by atoms with van der Waals surface area (Å²) >= 11 is 1.70. The van der Waals surface area contributed by atoms with Crippen molar-refractivity contribution in [3.05, 3.63) is 21.4 Å². The summed E-state index contributed by atoms with van der Waals surface area (Å²) in [5.74, 6) is 0.890. The number of carbonyl (C=O) groups is 1. The van der Waals surface area contributed by atoms with Gasteiger partial charge < -0.3 is 10.6 Å². The fourth-order valence-electron chi connectivity index (χ4n) is 3.05. The molecule has 1 aliphatic heterocycles. The number of piperidine rings is 1. The molecule has 1 aromatic rings. The molecular weight excluding hydrogens is 292 g/mol. The molecule has 2 heterocycles. The molecule has 0 spiro atoms. The highest BCUT2D eigenvalue weighted by atomic mass is 35.5. The first-order valence-electron chi connectivity index (χ1n) is 7.35. The SMILES string of the molecule is CC1CCc2sc(C(=O)N[C@H]3CCCNC3)cc2C1.Cl. The molecule has 2 aliphatic rings. The topological polar surface area (TPSA) is 41.1 Å². The lowest BCUT2D eigenvalue weighted by molar-refractivity contribution is 0.0934. The standard InChI is InChI=1S/C15H22N2OS.ClH/c1-10-4-5-13-11(7-10)8-14(19-13)15(18)17-12-3-2-6-16-9-12;/h8,10,12,16H,2-7,9H2,1H3,(H,17,18);1H/t10?,12-;/m0./s1. The van der Waals surface area contributed by atoms with Crippen LogP contribution in [0.2, 0.25) is 0 Å². The number of aryl methyl sites for hydroxylation is 1. The van der Waals surface area contributed by atoms with Crippen molar-refractivity contribution in [1.82, 2.24) is 10.6 Å². The zero-order chi connectivity index (χ0) is 13.2. The summed E-state index contributed by atoms with van der Waals surface area (Å²) in [6, 6.07) is 2.43. The van der Waals surface area contributed by atoms with Gasteiger partial charge in [0.2, 0.25) is 0 Å². The quantitative estimate of drug-likeness (QED) is 0.881. The molecule has 0 saturated carbocycles. The number of thiophene rings is 1. The Labute approximate surface area is 130 Å². The highest BCUT2D eigenvalue weighted by molar-refractivity contribution is 7.14. The summed E-state index contributed by atoms with van der Waals surface area (Å²) in [6.45, 7) is 4.29. The Balaban J connectivity index is 0.00000147. The maximum absolute atomic E-state index is 12.3. The number of carbonyl (C=O) groups excluding carboxylic acids is 1. The van der Waals surface area contributed by atoms with Crippen LogP contribution in [0.15, 0.2) is 6.07 Å². The molecule has 2 atom stereocenters. The van der Waals surface area contributed by atoms with Crippen LogP contribution in [0.1, 0.15) is 46.3 Å². The van der Waals surface area contributed by atoms with E-state index in [4.69, 9.17) is 0 Å². The Kier molecular flexibility index (Phi) is 5.47. The van der Waals surface area contributed by atoms with Gasteiger partial charge in [-0.15, -0.1) is 23.7 Å². The van der Waals surface area contributed by atoms with E-state index in [9.17, 15) is 4.79 Å².